The number of thiophene rings is 1. The van der Waals surface area contributed by atoms with E-state index in [1.54, 1.807) is 24.1 Å². The number of aromatic nitrogens is 1. The van der Waals surface area contributed by atoms with Crippen molar-refractivity contribution < 1.29 is 14.5 Å². The zero-order valence-electron chi connectivity index (χ0n) is 17.0. The molecule has 0 spiro atoms. The fourth-order valence-electron chi connectivity index (χ4n) is 4.34. The Labute approximate surface area is 192 Å². The summed E-state index contributed by atoms with van der Waals surface area (Å²) < 4.78 is 5.39. The number of carbonyl (C=O) groups is 1. The standard InChI is InChI=1S/C23H18ClN3O4S/c1-31-14-5-7-18-16(12-14)15-8-9-26(23(28)20-3-2-10-32-20)22(21(15)25-18)13-4-6-17(24)19(11-13)27(29)30/h2-7,10-12,22,25H,8-9H2,1H3/t22-/m0/s1. The van der Waals surface area contributed by atoms with Gasteiger partial charge in [0.15, 0.2) is 0 Å². The Morgan fingerprint density at radius 1 is 1.28 bits per heavy atom. The minimum atomic E-state index is -0.511. The highest BCUT2D eigenvalue weighted by molar-refractivity contribution is 7.12. The lowest BCUT2D eigenvalue weighted by molar-refractivity contribution is -0.384. The van der Waals surface area contributed by atoms with E-state index in [9.17, 15) is 14.9 Å². The van der Waals surface area contributed by atoms with Crippen LogP contribution in [0.25, 0.3) is 10.9 Å². The van der Waals surface area contributed by atoms with Crippen molar-refractivity contribution in [2.24, 2.45) is 0 Å². The predicted octanol–water partition coefficient (Wildman–Crippen LogP) is 5.59. The number of benzene rings is 2. The summed E-state index contributed by atoms with van der Waals surface area (Å²) in [6.45, 7) is 0.481. The van der Waals surface area contributed by atoms with Gasteiger partial charge in [0.05, 0.1) is 23.0 Å². The lowest BCUT2D eigenvalue weighted by atomic mass is 9.92. The molecule has 1 amide bonds. The number of fused-ring (bicyclic) bond motifs is 3. The van der Waals surface area contributed by atoms with Crippen LogP contribution in [0.2, 0.25) is 5.02 Å². The predicted molar refractivity (Wildman–Crippen MR) is 124 cm³/mol. The molecule has 5 rings (SSSR count). The van der Waals surface area contributed by atoms with Crippen molar-refractivity contribution in [3.8, 4) is 5.75 Å². The molecule has 3 heterocycles. The molecule has 2 aromatic carbocycles. The summed E-state index contributed by atoms with van der Waals surface area (Å²) >= 11 is 7.44. The van der Waals surface area contributed by atoms with Crippen LogP contribution in [-0.2, 0) is 6.42 Å². The second kappa shape index (κ2) is 7.96. The topological polar surface area (TPSA) is 88.5 Å². The van der Waals surface area contributed by atoms with Crippen molar-refractivity contribution in [2.45, 2.75) is 12.5 Å². The number of H-pyrrole nitrogens is 1. The van der Waals surface area contributed by atoms with Gasteiger partial charge in [-0.1, -0.05) is 23.7 Å². The third kappa shape index (κ3) is 3.32. The number of nitro benzene ring substituents is 1. The fourth-order valence-corrected chi connectivity index (χ4v) is 5.21. The number of rotatable bonds is 4. The average molecular weight is 468 g/mol. The summed E-state index contributed by atoms with van der Waals surface area (Å²) in [6, 6.07) is 13.6. The summed E-state index contributed by atoms with van der Waals surface area (Å²) in [5.74, 6) is 0.638. The molecule has 0 saturated carbocycles. The molecule has 1 aliphatic rings. The Kier molecular flexibility index (Phi) is 5.11. The van der Waals surface area contributed by atoms with E-state index in [0.717, 1.165) is 27.9 Å². The van der Waals surface area contributed by atoms with Crippen molar-refractivity contribution in [3.05, 3.63) is 90.7 Å². The van der Waals surface area contributed by atoms with E-state index in [4.69, 9.17) is 16.3 Å². The molecule has 162 valence electrons. The van der Waals surface area contributed by atoms with Gasteiger partial charge >= 0.3 is 0 Å². The maximum atomic E-state index is 13.4. The number of hydrogen-bond acceptors (Lipinski definition) is 5. The summed E-state index contributed by atoms with van der Waals surface area (Å²) in [7, 11) is 1.62. The Bertz CT molecular complexity index is 1350. The molecule has 1 aliphatic heterocycles. The molecule has 0 bridgehead atoms. The number of ether oxygens (including phenoxy) is 1. The molecule has 0 saturated heterocycles. The molecule has 9 heteroatoms. The largest absolute Gasteiger partial charge is 0.497 e. The van der Waals surface area contributed by atoms with Crippen molar-refractivity contribution in [3.63, 3.8) is 0 Å². The number of aromatic amines is 1. The van der Waals surface area contributed by atoms with E-state index in [0.29, 0.717) is 23.4 Å². The molecule has 0 fully saturated rings. The first-order valence-electron chi connectivity index (χ1n) is 9.94. The number of carbonyl (C=O) groups excluding carboxylic acids is 1. The molecule has 0 unspecified atom stereocenters. The first-order valence-corrected chi connectivity index (χ1v) is 11.2. The molecule has 1 N–H and O–H groups in total. The van der Waals surface area contributed by atoms with Crippen LogP contribution in [0.5, 0.6) is 5.75 Å². The van der Waals surface area contributed by atoms with Crippen molar-refractivity contribution in [1.29, 1.82) is 0 Å². The van der Waals surface area contributed by atoms with Crippen LogP contribution in [0.15, 0.2) is 53.9 Å². The normalized spacial score (nSPS) is 15.6. The maximum Gasteiger partial charge on any atom is 0.288 e. The van der Waals surface area contributed by atoms with Gasteiger partial charge in [0.25, 0.3) is 11.6 Å². The van der Waals surface area contributed by atoms with Crippen LogP contribution in [0.1, 0.15) is 32.5 Å². The Balaban J connectivity index is 1.71. The van der Waals surface area contributed by atoms with Crippen LogP contribution < -0.4 is 4.74 Å². The smallest absolute Gasteiger partial charge is 0.288 e. The number of halogens is 1. The third-order valence-electron chi connectivity index (χ3n) is 5.81. The van der Waals surface area contributed by atoms with Gasteiger partial charge in [-0.2, -0.15) is 0 Å². The molecule has 1 atom stereocenters. The van der Waals surface area contributed by atoms with Gasteiger partial charge in [0.1, 0.15) is 10.8 Å². The first kappa shape index (κ1) is 20.5. The van der Waals surface area contributed by atoms with Gasteiger partial charge in [0.2, 0.25) is 0 Å². The summed E-state index contributed by atoms with van der Waals surface area (Å²) in [5, 5.41) is 14.5. The van der Waals surface area contributed by atoms with Crippen molar-refractivity contribution >= 4 is 45.4 Å². The number of amides is 1. The summed E-state index contributed by atoms with van der Waals surface area (Å²) in [4.78, 5) is 30.3. The summed E-state index contributed by atoms with van der Waals surface area (Å²) in [6.07, 6.45) is 0.659. The molecule has 4 aromatic rings. The van der Waals surface area contributed by atoms with Crippen LogP contribution in [-0.4, -0.2) is 34.4 Å². The van der Waals surface area contributed by atoms with E-state index < -0.39 is 11.0 Å². The van der Waals surface area contributed by atoms with Gasteiger partial charge in [-0.05, 0) is 53.3 Å². The number of nitro groups is 1. The minimum Gasteiger partial charge on any atom is -0.497 e. The molecular weight excluding hydrogens is 450 g/mol. The average Bonchev–Trinajstić information content (AvgIpc) is 3.46. The van der Waals surface area contributed by atoms with Gasteiger partial charge < -0.3 is 14.6 Å². The van der Waals surface area contributed by atoms with E-state index in [2.05, 4.69) is 4.98 Å². The highest BCUT2D eigenvalue weighted by atomic mass is 35.5. The lowest BCUT2D eigenvalue weighted by Gasteiger charge is -2.36. The zero-order valence-corrected chi connectivity index (χ0v) is 18.6. The molecule has 32 heavy (non-hydrogen) atoms. The first-order chi connectivity index (χ1) is 15.5. The third-order valence-corrected chi connectivity index (χ3v) is 6.99. The van der Waals surface area contributed by atoms with Gasteiger partial charge in [-0.15, -0.1) is 11.3 Å². The fraction of sp³-hybridized carbons (Fsp3) is 0.174. The van der Waals surface area contributed by atoms with E-state index in [-0.39, 0.29) is 16.6 Å². The van der Waals surface area contributed by atoms with E-state index in [1.807, 2.05) is 29.6 Å². The maximum absolute atomic E-state index is 13.4. The molecule has 7 nitrogen and oxygen atoms in total. The molecule has 0 radical (unpaired) electrons. The van der Waals surface area contributed by atoms with Gasteiger partial charge in [0, 0.05) is 29.2 Å². The molecule has 0 aliphatic carbocycles. The number of nitrogens with zero attached hydrogens (tertiary/aromatic N) is 2. The van der Waals surface area contributed by atoms with Crippen molar-refractivity contribution in [1.82, 2.24) is 9.88 Å². The summed E-state index contributed by atoms with van der Waals surface area (Å²) in [5.41, 5.74) is 3.30. The second-order valence-electron chi connectivity index (χ2n) is 7.53. The van der Waals surface area contributed by atoms with Gasteiger partial charge in [-0.3, -0.25) is 14.9 Å². The second-order valence-corrected chi connectivity index (χ2v) is 8.88. The minimum absolute atomic E-state index is 0.0623. The SMILES string of the molecule is COc1ccc2[nH]c3c(c2c1)CCN(C(=O)c1cccs1)[C@H]3c1ccc(Cl)c([N+](=O)[O-])c1. The van der Waals surface area contributed by atoms with Crippen molar-refractivity contribution in [2.75, 3.05) is 13.7 Å². The Morgan fingerprint density at radius 3 is 2.84 bits per heavy atom. The van der Waals surface area contributed by atoms with Crippen LogP contribution in [0.4, 0.5) is 5.69 Å². The molecule has 2 aromatic heterocycles. The van der Waals surface area contributed by atoms with E-state index >= 15 is 0 Å². The number of nitrogens with one attached hydrogen (secondary N) is 1. The lowest BCUT2D eigenvalue weighted by Crippen LogP contribution is -2.40. The zero-order chi connectivity index (χ0) is 22.4. The van der Waals surface area contributed by atoms with E-state index in [1.165, 1.54) is 23.5 Å². The van der Waals surface area contributed by atoms with Crippen LogP contribution in [0.3, 0.4) is 0 Å². The quantitative estimate of drug-likeness (QED) is 0.313. The number of methoxy groups -OCH3 is 1. The van der Waals surface area contributed by atoms with Crippen LogP contribution >= 0.6 is 22.9 Å². The highest BCUT2D eigenvalue weighted by Crippen LogP contribution is 2.41. The molecular formula is C23H18ClN3O4S. The highest BCUT2D eigenvalue weighted by Gasteiger charge is 2.36. The number of hydrogen-bond donors (Lipinski definition) is 1. The van der Waals surface area contributed by atoms with Crippen LogP contribution in [0, 0.1) is 10.1 Å². The Hall–Kier alpha value is -3.36. The monoisotopic (exact) mass is 467 g/mol. The Morgan fingerprint density at radius 2 is 2.12 bits per heavy atom. The van der Waals surface area contributed by atoms with Gasteiger partial charge in [-0.25, -0.2) is 0 Å².